The van der Waals surface area contributed by atoms with Gasteiger partial charge in [-0.2, -0.15) is 5.10 Å². The van der Waals surface area contributed by atoms with E-state index in [-0.39, 0.29) is 13.2 Å². The zero-order chi connectivity index (χ0) is 20.4. The van der Waals surface area contributed by atoms with Crippen LogP contribution in [0.4, 0.5) is 4.79 Å². The number of halogens is 2. The van der Waals surface area contributed by atoms with Gasteiger partial charge in [-0.05, 0) is 39.0 Å². The number of ether oxygens (including phenoxy) is 1. The molecule has 1 aliphatic rings. The molecule has 2 N–H and O–H groups in total. The molecule has 1 aromatic carbocycles. The van der Waals surface area contributed by atoms with Crippen LogP contribution >= 0.6 is 23.2 Å². The van der Waals surface area contributed by atoms with Crippen LogP contribution in [-0.4, -0.2) is 39.4 Å². The van der Waals surface area contributed by atoms with E-state index in [1.54, 1.807) is 43.7 Å². The first-order valence-corrected chi connectivity index (χ1v) is 9.40. The van der Waals surface area contributed by atoms with Crippen LogP contribution in [0.2, 0.25) is 10.0 Å². The minimum absolute atomic E-state index is 0.127. The van der Waals surface area contributed by atoms with E-state index >= 15 is 0 Å². The largest absolute Gasteiger partial charge is 0.463 e. The first-order valence-electron chi connectivity index (χ1n) is 8.64. The van der Waals surface area contributed by atoms with Crippen molar-refractivity contribution in [2.75, 3.05) is 6.61 Å². The van der Waals surface area contributed by atoms with Crippen LogP contribution < -0.4 is 10.6 Å². The molecule has 0 fully saturated rings. The number of urea groups is 1. The molecule has 3 rings (SSSR count). The maximum absolute atomic E-state index is 12.4. The van der Waals surface area contributed by atoms with Crippen LogP contribution in [-0.2, 0) is 16.1 Å². The summed E-state index contributed by atoms with van der Waals surface area (Å²) in [5.74, 6) is 0.574. The van der Waals surface area contributed by atoms with Crippen molar-refractivity contribution in [1.82, 2.24) is 25.4 Å². The van der Waals surface area contributed by atoms with Gasteiger partial charge in [-0.15, -0.1) is 0 Å². The van der Waals surface area contributed by atoms with Crippen LogP contribution in [0.1, 0.15) is 19.7 Å². The molecule has 0 saturated carbocycles. The van der Waals surface area contributed by atoms with Gasteiger partial charge < -0.3 is 15.4 Å². The number of amides is 2. The SMILES string of the molecule is CCOC(=O)C1=C(Cn2nc(C)nc2-c2ccc(Cl)c(Cl)c2)NC(=O)N[C@@H]1C. The van der Waals surface area contributed by atoms with Gasteiger partial charge >= 0.3 is 12.0 Å². The van der Waals surface area contributed by atoms with Crippen LogP contribution in [0.25, 0.3) is 11.4 Å². The number of allylic oxidation sites excluding steroid dienone is 1. The number of rotatable bonds is 5. The number of nitrogens with one attached hydrogen (secondary N) is 2. The summed E-state index contributed by atoms with van der Waals surface area (Å²) in [7, 11) is 0. The van der Waals surface area contributed by atoms with Crippen molar-refractivity contribution >= 4 is 35.2 Å². The van der Waals surface area contributed by atoms with Crippen LogP contribution in [0.3, 0.4) is 0 Å². The minimum atomic E-state index is -0.499. The third-order valence-corrected chi connectivity index (χ3v) is 4.87. The van der Waals surface area contributed by atoms with Gasteiger partial charge in [-0.25, -0.2) is 19.3 Å². The van der Waals surface area contributed by atoms with Crippen molar-refractivity contribution < 1.29 is 14.3 Å². The number of aryl methyl sites for hydroxylation is 1. The van der Waals surface area contributed by atoms with Gasteiger partial charge in [0.1, 0.15) is 5.82 Å². The second kappa shape index (κ2) is 8.20. The summed E-state index contributed by atoms with van der Waals surface area (Å²) in [5, 5.41) is 10.6. The number of esters is 1. The fraction of sp³-hybridized carbons (Fsp3) is 0.333. The first-order chi connectivity index (χ1) is 13.3. The van der Waals surface area contributed by atoms with Gasteiger partial charge in [0.2, 0.25) is 0 Å². The Morgan fingerprint density at radius 1 is 1.32 bits per heavy atom. The second-order valence-electron chi connectivity index (χ2n) is 6.20. The Morgan fingerprint density at radius 2 is 2.07 bits per heavy atom. The zero-order valence-corrected chi connectivity index (χ0v) is 17.1. The zero-order valence-electron chi connectivity index (χ0n) is 15.5. The molecule has 10 heteroatoms. The first kappa shape index (κ1) is 20.2. The fourth-order valence-electron chi connectivity index (χ4n) is 2.97. The lowest BCUT2D eigenvalue weighted by atomic mass is 10.0. The Hall–Kier alpha value is -2.58. The molecule has 0 unspecified atom stereocenters. The third-order valence-electron chi connectivity index (χ3n) is 4.13. The average molecular weight is 424 g/mol. The van der Waals surface area contributed by atoms with Crippen molar-refractivity contribution in [3.05, 3.63) is 45.3 Å². The van der Waals surface area contributed by atoms with Gasteiger partial charge in [0.25, 0.3) is 0 Å². The molecule has 0 radical (unpaired) electrons. The number of hydrogen-bond donors (Lipinski definition) is 2. The molecule has 0 spiro atoms. The highest BCUT2D eigenvalue weighted by Crippen LogP contribution is 2.28. The average Bonchev–Trinajstić information content (AvgIpc) is 2.97. The van der Waals surface area contributed by atoms with E-state index in [0.717, 1.165) is 0 Å². The summed E-state index contributed by atoms with van der Waals surface area (Å²) in [6.07, 6.45) is 0. The number of carbonyl (C=O) groups is 2. The van der Waals surface area contributed by atoms with Gasteiger partial charge in [-0.1, -0.05) is 23.2 Å². The van der Waals surface area contributed by atoms with Gasteiger partial charge in [-0.3, -0.25) is 0 Å². The summed E-state index contributed by atoms with van der Waals surface area (Å²) in [5.41, 5.74) is 1.46. The Kier molecular flexibility index (Phi) is 5.90. The molecular formula is C18H19Cl2N5O3. The lowest BCUT2D eigenvalue weighted by molar-refractivity contribution is -0.139. The van der Waals surface area contributed by atoms with Gasteiger partial charge in [0.05, 0.1) is 40.5 Å². The molecule has 2 aromatic rings. The second-order valence-corrected chi connectivity index (χ2v) is 7.02. The molecule has 2 heterocycles. The molecule has 0 aliphatic carbocycles. The van der Waals surface area contributed by atoms with Crippen molar-refractivity contribution in [1.29, 1.82) is 0 Å². The van der Waals surface area contributed by atoms with E-state index in [9.17, 15) is 9.59 Å². The van der Waals surface area contributed by atoms with Gasteiger partial charge in [0, 0.05) is 5.56 Å². The van der Waals surface area contributed by atoms with E-state index in [4.69, 9.17) is 27.9 Å². The van der Waals surface area contributed by atoms with Crippen LogP contribution in [0, 0.1) is 6.92 Å². The van der Waals surface area contributed by atoms with Crippen LogP contribution in [0.5, 0.6) is 0 Å². The number of hydrogen-bond acceptors (Lipinski definition) is 5. The lowest BCUT2D eigenvalue weighted by Gasteiger charge is -2.26. The number of carbonyl (C=O) groups excluding carboxylic acids is 2. The van der Waals surface area contributed by atoms with Crippen molar-refractivity contribution in [3.63, 3.8) is 0 Å². The van der Waals surface area contributed by atoms with Crippen molar-refractivity contribution in [2.24, 2.45) is 0 Å². The van der Waals surface area contributed by atoms with Crippen molar-refractivity contribution in [2.45, 2.75) is 33.4 Å². The predicted molar refractivity (Wildman–Crippen MR) is 105 cm³/mol. The summed E-state index contributed by atoms with van der Waals surface area (Å²) in [4.78, 5) is 28.8. The molecule has 1 aromatic heterocycles. The highest BCUT2D eigenvalue weighted by molar-refractivity contribution is 6.42. The summed E-state index contributed by atoms with van der Waals surface area (Å²) >= 11 is 12.1. The highest BCUT2D eigenvalue weighted by Gasteiger charge is 2.30. The molecule has 0 saturated heterocycles. The Morgan fingerprint density at radius 3 is 2.75 bits per heavy atom. The van der Waals surface area contributed by atoms with E-state index in [0.29, 0.717) is 38.5 Å². The van der Waals surface area contributed by atoms with E-state index in [1.807, 2.05) is 0 Å². The maximum Gasteiger partial charge on any atom is 0.337 e. The fourth-order valence-corrected chi connectivity index (χ4v) is 3.27. The van der Waals surface area contributed by atoms with Crippen LogP contribution in [0.15, 0.2) is 29.5 Å². The van der Waals surface area contributed by atoms with Gasteiger partial charge in [0.15, 0.2) is 5.82 Å². The normalized spacial score (nSPS) is 16.6. The number of aromatic nitrogens is 3. The summed E-state index contributed by atoms with van der Waals surface area (Å²) in [6, 6.07) is 4.24. The summed E-state index contributed by atoms with van der Waals surface area (Å²) < 4.78 is 6.74. The molecule has 1 aliphatic heterocycles. The molecule has 28 heavy (non-hydrogen) atoms. The van der Waals surface area contributed by atoms with E-state index < -0.39 is 18.0 Å². The Balaban J connectivity index is 2.04. The quantitative estimate of drug-likeness (QED) is 0.719. The minimum Gasteiger partial charge on any atom is -0.463 e. The lowest BCUT2D eigenvalue weighted by Crippen LogP contribution is -2.50. The maximum atomic E-state index is 12.4. The topological polar surface area (TPSA) is 98.1 Å². The summed E-state index contributed by atoms with van der Waals surface area (Å²) in [6.45, 7) is 5.55. The smallest absolute Gasteiger partial charge is 0.337 e. The highest BCUT2D eigenvalue weighted by atomic mass is 35.5. The molecule has 8 nitrogen and oxygen atoms in total. The monoisotopic (exact) mass is 423 g/mol. The number of benzene rings is 1. The van der Waals surface area contributed by atoms with E-state index in [2.05, 4.69) is 20.7 Å². The molecule has 2 amide bonds. The predicted octanol–water partition coefficient (Wildman–Crippen LogP) is 3.08. The molecule has 0 bridgehead atoms. The Bertz CT molecular complexity index is 970. The molecule has 1 atom stereocenters. The number of nitrogens with zero attached hydrogens (tertiary/aromatic N) is 3. The third kappa shape index (κ3) is 4.13. The van der Waals surface area contributed by atoms with Crippen molar-refractivity contribution in [3.8, 4) is 11.4 Å². The Labute approximate surface area is 171 Å². The van der Waals surface area contributed by atoms with E-state index in [1.165, 1.54) is 0 Å². The molecule has 148 valence electrons. The standard InChI is InChI=1S/C18H19Cl2N5O3/c1-4-28-17(26)15-9(2)21-18(27)23-14(15)8-25-16(22-10(3)24-25)11-5-6-12(19)13(20)7-11/h5-7,9H,4,8H2,1-3H3,(H2,21,23,27)/t9-/m1/s1. The molecular weight excluding hydrogens is 405 g/mol.